The molecule has 1 rings (SSSR count). The lowest BCUT2D eigenvalue weighted by atomic mass is 10.1. The van der Waals surface area contributed by atoms with Gasteiger partial charge in [-0.25, -0.2) is 4.79 Å². The van der Waals surface area contributed by atoms with Crippen LogP contribution in [0.15, 0.2) is 42.0 Å². The van der Waals surface area contributed by atoms with Crippen molar-refractivity contribution in [3.8, 4) is 0 Å². The van der Waals surface area contributed by atoms with E-state index in [0.717, 1.165) is 5.57 Å². The number of ketones is 1. The fourth-order valence-electron chi connectivity index (χ4n) is 1.27. The maximum Gasteiger partial charge on any atom is 0.379 e. The molecule has 0 aliphatic carbocycles. The minimum Gasteiger partial charge on any atom is -0.459 e. The number of allylic oxidation sites excluding steroid dienone is 1. The molecule has 0 aliphatic heterocycles. The Balaban J connectivity index is 2.44. The van der Waals surface area contributed by atoms with Gasteiger partial charge in [0.05, 0.1) is 6.61 Å². The minimum absolute atomic E-state index is 0.239. The van der Waals surface area contributed by atoms with Crippen molar-refractivity contribution in [3.05, 3.63) is 47.5 Å². The molecule has 0 amide bonds. The average molecular weight is 232 g/mol. The molecule has 0 radical (unpaired) electrons. The van der Waals surface area contributed by atoms with Crippen LogP contribution in [0.3, 0.4) is 0 Å². The Bertz CT molecular complexity index is 414. The van der Waals surface area contributed by atoms with Crippen molar-refractivity contribution in [2.24, 2.45) is 0 Å². The second kappa shape index (κ2) is 6.63. The van der Waals surface area contributed by atoms with Gasteiger partial charge in [0.15, 0.2) is 0 Å². The highest BCUT2D eigenvalue weighted by Gasteiger charge is 2.16. The van der Waals surface area contributed by atoms with E-state index in [2.05, 4.69) is 0 Å². The number of carbonyl (C=O) groups excluding carboxylic acids is 2. The summed E-state index contributed by atoms with van der Waals surface area (Å²) in [5, 5.41) is 0. The summed E-state index contributed by atoms with van der Waals surface area (Å²) in [5.74, 6) is -1.39. The van der Waals surface area contributed by atoms with Crippen molar-refractivity contribution < 1.29 is 14.3 Å². The molecule has 0 fully saturated rings. The van der Waals surface area contributed by atoms with Crippen molar-refractivity contribution in [2.45, 2.75) is 20.3 Å². The Labute approximate surface area is 101 Å². The quantitative estimate of drug-likeness (QED) is 0.258. The van der Waals surface area contributed by atoms with E-state index >= 15 is 0 Å². The van der Waals surface area contributed by atoms with Gasteiger partial charge in [0, 0.05) is 5.56 Å². The first-order valence-corrected chi connectivity index (χ1v) is 5.51. The summed E-state index contributed by atoms with van der Waals surface area (Å²) in [6.07, 6.45) is 2.59. The molecule has 1 aromatic rings. The lowest BCUT2D eigenvalue weighted by Crippen LogP contribution is -2.17. The standard InChI is InChI=1S/C14H16O3/c1-11(2)7-6-10-17-14(16)13(15)12-8-4-3-5-9-12/h3-5,7-9H,6,10H2,1-2H3. The fourth-order valence-corrected chi connectivity index (χ4v) is 1.27. The number of esters is 1. The van der Waals surface area contributed by atoms with E-state index in [1.165, 1.54) is 0 Å². The summed E-state index contributed by atoms with van der Waals surface area (Å²) in [4.78, 5) is 23.0. The molecule has 0 N–H and O–H groups in total. The molecule has 3 nitrogen and oxygen atoms in total. The molecule has 0 unspecified atom stereocenters. The van der Waals surface area contributed by atoms with Crippen LogP contribution >= 0.6 is 0 Å². The molecule has 17 heavy (non-hydrogen) atoms. The van der Waals surface area contributed by atoms with Crippen LogP contribution in [0.2, 0.25) is 0 Å². The fraction of sp³-hybridized carbons (Fsp3) is 0.286. The Morgan fingerprint density at radius 3 is 2.41 bits per heavy atom. The first kappa shape index (κ1) is 13.2. The summed E-state index contributed by atoms with van der Waals surface area (Å²) < 4.78 is 4.88. The first-order chi connectivity index (χ1) is 8.11. The highest BCUT2D eigenvalue weighted by atomic mass is 16.5. The predicted molar refractivity (Wildman–Crippen MR) is 65.8 cm³/mol. The van der Waals surface area contributed by atoms with Crippen molar-refractivity contribution in [2.75, 3.05) is 6.61 Å². The lowest BCUT2D eigenvalue weighted by molar-refractivity contribution is -0.137. The molecular weight excluding hydrogens is 216 g/mol. The van der Waals surface area contributed by atoms with Gasteiger partial charge < -0.3 is 4.74 Å². The van der Waals surface area contributed by atoms with Crippen molar-refractivity contribution >= 4 is 11.8 Å². The number of benzene rings is 1. The van der Waals surface area contributed by atoms with Crippen LogP contribution in [0, 0.1) is 0 Å². The summed E-state index contributed by atoms with van der Waals surface area (Å²) in [6, 6.07) is 8.41. The minimum atomic E-state index is -0.793. The normalized spacial score (nSPS) is 9.53. The highest BCUT2D eigenvalue weighted by molar-refractivity contribution is 6.40. The van der Waals surface area contributed by atoms with Gasteiger partial charge in [-0.15, -0.1) is 0 Å². The first-order valence-electron chi connectivity index (χ1n) is 5.51. The largest absolute Gasteiger partial charge is 0.459 e. The monoisotopic (exact) mass is 232 g/mol. The van der Waals surface area contributed by atoms with E-state index in [9.17, 15) is 9.59 Å². The van der Waals surface area contributed by atoms with Crippen molar-refractivity contribution in [1.82, 2.24) is 0 Å². The zero-order valence-electron chi connectivity index (χ0n) is 10.1. The highest BCUT2D eigenvalue weighted by Crippen LogP contribution is 2.02. The zero-order valence-corrected chi connectivity index (χ0v) is 10.1. The van der Waals surface area contributed by atoms with E-state index in [1.54, 1.807) is 30.3 Å². The van der Waals surface area contributed by atoms with Gasteiger partial charge in [-0.05, 0) is 20.3 Å². The topological polar surface area (TPSA) is 43.4 Å². The third kappa shape index (κ3) is 4.64. The van der Waals surface area contributed by atoms with E-state index in [0.29, 0.717) is 12.0 Å². The van der Waals surface area contributed by atoms with Gasteiger partial charge in [-0.3, -0.25) is 4.79 Å². The molecular formula is C14H16O3. The number of rotatable bonds is 5. The van der Waals surface area contributed by atoms with Gasteiger partial charge in [0.2, 0.25) is 0 Å². The van der Waals surface area contributed by atoms with Gasteiger partial charge in [-0.1, -0.05) is 42.0 Å². The number of hydrogen-bond donors (Lipinski definition) is 0. The predicted octanol–water partition coefficient (Wildman–Crippen LogP) is 2.77. The molecule has 3 heteroatoms. The van der Waals surface area contributed by atoms with E-state index < -0.39 is 11.8 Å². The van der Waals surface area contributed by atoms with Crippen LogP contribution < -0.4 is 0 Å². The molecule has 0 aromatic heterocycles. The molecule has 0 heterocycles. The maximum absolute atomic E-state index is 11.6. The van der Waals surface area contributed by atoms with E-state index in [1.807, 2.05) is 19.9 Å². The van der Waals surface area contributed by atoms with Crippen LogP contribution in [-0.4, -0.2) is 18.4 Å². The van der Waals surface area contributed by atoms with Crippen LogP contribution in [0.1, 0.15) is 30.6 Å². The Morgan fingerprint density at radius 1 is 1.18 bits per heavy atom. The van der Waals surface area contributed by atoms with Gasteiger partial charge >= 0.3 is 5.97 Å². The third-order valence-corrected chi connectivity index (χ3v) is 2.12. The van der Waals surface area contributed by atoms with Crippen LogP contribution in [0.5, 0.6) is 0 Å². The van der Waals surface area contributed by atoms with Crippen molar-refractivity contribution in [1.29, 1.82) is 0 Å². The smallest absolute Gasteiger partial charge is 0.379 e. The number of Topliss-reactive ketones (excluding diaryl/α,β-unsaturated/α-hetero) is 1. The van der Waals surface area contributed by atoms with E-state index in [4.69, 9.17) is 4.74 Å². The molecule has 0 saturated carbocycles. The van der Waals surface area contributed by atoms with Crippen LogP contribution in [0.4, 0.5) is 0 Å². The second-order valence-corrected chi connectivity index (χ2v) is 3.90. The van der Waals surface area contributed by atoms with Crippen molar-refractivity contribution in [3.63, 3.8) is 0 Å². The number of carbonyl (C=O) groups is 2. The van der Waals surface area contributed by atoms with Gasteiger partial charge in [0.1, 0.15) is 0 Å². The summed E-state index contributed by atoms with van der Waals surface area (Å²) >= 11 is 0. The van der Waals surface area contributed by atoms with Crippen LogP contribution in [0.25, 0.3) is 0 Å². The Morgan fingerprint density at radius 2 is 1.82 bits per heavy atom. The molecule has 0 aliphatic rings. The second-order valence-electron chi connectivity index (χ2n) is 3.90. The lowest BCUT2D eigenvalue weighted by Gasteiger charge is -2.02. The number of hydrogen-bond acceptors (Lipinski definition) is 3. The molecule has 0 bridgehead atoms. The molecule has 0 saturated heterocycles. The van der Waals surface area contributed by atoms with E-state index in [-0.39, 0.29) is 6.61 Å². The van der Waals surface area contributed by atoms with Gasteiger partial charge in [-0.2, -0.15) is 0 Å². The Kier molecular flexibility index (Phi) is 5.14. The maximum atomic E-state index is 11.6. The summed E-state index contributed by atoms with van der Waals surface area (Å²) in [5.41, 5.74) is 1.52. The molecule has 90 valence electrons. The Hall–Kier alpha value is -1.90. The van der Waals surface area contributed by atoms with Gasteiger partial charge in [0.25, 0.3) is 5.78 Å². The molecule has 0 spiro atoms. The number of ether oxygens (including phenoxy) is 1. The van der Waals surface area contributed by atoms with Crippen LogP contribution in [-0.2, 0) is 9.53 Å². The average Bonchev–Trinajstić information content (AvgIpc) is 2.34. The molecule has 0 atom stereocenters. The summed E-state index contributed by atoms with van der Waals surface area (Å²) in [6.45, 7) is 4.18. The zero-order chi connectivity index (χ0) is 12.7. The summed E-state index contributed by atoms with van der Waals surface area (Å²) in [7, 11) is 0. The molecule has 1 aromatic carbocycles. The SMILES string of the molecule is CC(C)=CCCOC(=O)C(=O)c1ccccc1. The third-order valence-electron chi connectivity index (χ3n) is 2.12.